The molecule has 4 atom stereocenters. The zero-order valence-electron chi connectivity index (χ0n) is 21.4. The number of aldehydes is 1. The van der Waals surface area contributed by atoms with Crippen molar-refractivity contribution < 1.29 is 9.90 Å². The van der Waals surface area contributed by atoms with Crippen LogP contribution in [0.25, 0.3) is 0 Å². The Kier molecular flexibility index (Phi) is 12.3. The van der Waals surface area contributed by atoms with Gasteiger partial charge in [0.1, 0.15) is 6.29 Å². The van der Waals surface area contributed by atoms with Crippen molar-refractivity contribution in [3.63, 3.8) is 0 Å². The van der Waals surface area contributed by atoms with Gasteiger partial charge in [-0.25, -0.2) is 0 Å². The zero-order valence-corrected chi connectivity index (χ0v) is 21.4. The Morgan fingerprint density at radius 1 is 0.793 bits per heavy atom. The second-order valence-corrected chi connectivity index (χ2v) is 9.98. The first-order valence-electron chi connectivity index (χ1n) is 12.4. The van der Waals surface area contributed by atoms with E-state index in [1.165, 1.54) is 44.9 Å². The lowest BCUT2D eigenvalue weighted by Gasteiger charge is -2.60. The first kappa shape index (κ1) is 28.6. The van der Waals surface area contributed by atoms with Gasteiger partial charge in [0.05, 0.1) is 12.1 Å². The molecule has 0 saturated heterocycles. The van der Waals surface area contributed by atoms with Crippen LogP contribution in [0.5, 0.6) is 0 Å². The SMILES string of the molecule is CCC(CC)(CC)C(C)(CC(C)C(C)CN[C@@H](C=O)[C@H](C)O)C(CC)(CC)CC. The van der Waals surface area contributed by atoms with Gasteiger partial charge in [0.15, 0.2) is 0 Å². The van der Waals surface area contributed by atoms with Crippen LogP contribution >= 0.6 is 0 Å². The summed E-state index contributed by atoms with van der Waals surface area (Å²) in [4.78, 5) is 11.2. The molecule has 3 nitrogen and oxygen atoms in total. The van der Waals surface area contributed by atoms with Crippen LogP contribution in [0.4, 0.5) is 0 Å². The number of carbonyl (C=O) groups is 1. The quantitative estimate of drug-likeness (QED) is 0.280. The molecule has 0 amide bonds. The van der Waals surface area contributed by atoms with Gasteiger partial charge in [-0.1, -0.05) is 62.3 Å². The summed E-state index contributed by atoms with van der Waals surface area (Å²) in [5.74, 6) is 0.990. The summed E-state index contributed by atoms with van der Waals surface area (Å²) < 4.78 is 0. The minimum Gasteiger partial charge on any atom is -0.391 e. The van der Waals surface area contributed by atoms with Gasteiger partial charge in [-0.05, 0) is 86.5 Å². The maximum atomic E-state index is 11.2. The molecule has 0 aliphatic heterocycles. The minimum atomic E-state index is -0.652. The molecule has 0 aromatic heterocycles. The predicted molar refractivity (Wildman–Crippen MR) is 127 cm³/mol. The summed E-state index contributed by atoms with van der Waals surface area (Å²) in [6, 6.07) is -0.474. The number of hydrogen-bond acceptors (Lipinski definition) is 3. The second kappa shape index (κ2) is 12.4. The zero-order chi connectivity index (χ0) is 22.9. The van der Waals surface area contributed by atoms with Crippen molar-refractivity contribution in [3.8, 4) is 0 Å². The van der Waals surface area contributed by atoms with E-state index >= 15 is 0 Å². The number of carbonyl (C=O) groups excluding carboxylic acids is 1. The van der Waals surface area contributed by atoms with Crippen LogP contribution in [-0.2, 0) is 4.79 Å². The Labute approximate surface area is 182 Å². The lowest BCUT2D eigenvalue weighted by atomic mass is 9.44. The van der Waals surface area contributed by atoms with Crippen LogP contribution in [0, 0.1) is 28.1 Å². The summed E-state index contributed by atoms with van der Waals surface area (Å²) in [6.45, 7) is 24.1. The van der Waals surface area contributed by atoms with Gasteiger partial charge in [0, 0.05) is 0 Å². The van der Waals surface area contributed by atoms with E-state index in [9.17, 15) is 9.90 Å². The Bertz CT molecular complexity index is 415. The number of aliphatic hydroxyl groups excluding tert-OH is 1. The van der Waals surface area contributed by atoms with Crippen LogP contribution in [0.15, 0.2) is 0 Å². The molecule has 29 heavy (non-hydrogen) atoms. The molecule has 174 valence electrons. The Morgan fingerprint density at radius 3 is 1.45 bits per heavy atom. The topological polar surface area (TPSA) is 49.3 Å². The van der Waals surface area contributed by atoms with E-state index in [0.717, 1.165) is 12.8 Å². The molecule has 0 radical (unpaired) electrons. The van der Waals surface area contributed by atoms with E-state index in [-0.39, 0.29) is 5.41 Å². The van der Waals surface area contributed by atoms with Crippen molar-refractivity contribution in [2.75, 3.05) is 6.54 Å². The highest BCUT2D eigenvalue weighted by Gasteiger charge is 2.55. The molecule has 0 heterocycles. The molecule has 0 aliphatic rings. The normalized spacial score (nSPS) is 17.6. The fourth-order valence-electron chi connectivity index (χ4n) is 6.54. The molecule has 2 N–H and O–H groups in total. The summed E-state index contributed by atoms with van der Waals surface area (Å²) in [6.07, 6.45) is 8.76. The highest BCUT2D eigenvalue weighted by atomic mass is 16.3. The van der Waals surface area contributed by atoms with E-state index in [1.54, 1.807) is 6.92 Å². The van der Waals surface area contributed by atoms with Crippen LogP contribution in [0.2, 0.25) is 0 Å². The van der Waals surface area contributed by atoms with Crippen molar-refractivity contribution in [1.82, 2.24) is 5.32 Å². The fourth-order valence-corrected chi connectivity index (χ4v) is 6.54. The van der Waals surface area contributed by atoms with E-state index in [1.807, 2.05) is 0 Å². The van der Waals surface area contributed by atoms with Crippen molar-refractivity contribution >= 4 is 6.29 Å². The first-order valence-corrected chi connectivity index (χ1v) is 12.4. The molecule has 0 rings (SSSR count). The van der Waals surface area contributed by atoms with Crippen LogP contribution in [0.3, 0.4) is 0 Å². The predicted octanol–water partition coefficient (Wildman–Crippen LogP) is 6.63. The molecule has 0 spiro atoms. The second-order valence-electron chi connectivity index (χ2n) is 9.98. The third-order valence-electron chi connectivity index (χ3n) is 9.45. The number of aliphatic hydroxyl groups is 1. The number of hydrogen-bond donors (Lipinski definition) is 2. The summed E-state index contributed by atoms with van der Waals surface area (Å²) in [5.41, 5.74) is 0.960. The third-order valence-corrected chi connectivity index (χ3v) is 9.45. The maximum Gasteiger partial charge on any atom is 0.139 e. The molecule has 0 aromatic rings. The van der Waals surface area contributed by atoms with Crippen molar-refractivity contribution in [1.29, 1.82) is 0 Å². The van der Waals surface area contributed by atoms with Crippen molar-refractivity contribution in [3.05, 3.63) is 0 Å². The minimum absolute atomic E-state index is 0.262. The van der Waals surface area contributed by atoms with Gasteiger partial charge >= 0.3 is 0 Å². The first-order chi connectivity index (χ1) is 13.5. The molecular formula is C26H53NO2. The van der Waals surface area contributed by atoms with Crippen LogP contribution in [0.1, 0.15) is 114 Å². The fraction of sp³-hybridized carbons (Fsp3) is 0.962. The van der Waals surface area contributed by atoms with E-state index < -0.39 is 12.1 Å². The Balaban J connectivity index is 5.86. The van der Waals surface area contributed by atoms with Gasteiger partial charge in [-0.2, -0.15) is 0 Å². The number of rotatable bonds is 16. The van der Waals surface area contributed by atoms with E-state index in [0.29, 0.717) is 22.7 Å². The average molecular weight is 412 g/mol. The Hall–Kier alpha value is -0.410. The van der Waals surface area contributed by atoms with Crippen molar-refractivity contribution in [2.24, 2.45) is 28.1 Å². The smallest absolute Gasteiger partial charge is 0.139 e. The Morgan fingerprint density at radius 2 is 1.17 bits per heavy atom. The standard InChI is InChI=1S/C26H53NO2/c1-11-25(12-2,13-3)24(10,26(14-4,15-5)16-6)17-20(7)21(8)18-27-23(19-28)22(9)29/h19-23,27,29H,11-18H2,1-10H3/t20?,21?,22-,23-/m0/s1. The van der Waals surface area contributed by atoms with Crippen LogP contribution < -0.4 is 5.32 Å². The molecule has 0 saturated carbocycles. The van der Waals surface area contributed by atoms with Crippen molar-refractivity contribution in [2.45, 2.75) is 126 Å². The van der Waals surface area contributed by atoms with E-state index in [2.05, 4.69) is 67.6 Å². The molecule has 0 fully saturated rings. The molecule has 0 aromatic carbocycles. The molecular weight excluding hydrogens is 358 g/mol. The third kappa shape index (κ3) is 5.85. The van der Waals surface area contributed by atoms with Gasteiger partial charge in [-0.3, -0.25) is 0 Å². The lowest BCUT2D eigenvalue weighted by Crippen LogP contribution is -2.52. The summed E-state index contributed by atoms with van der Waals surface area (Å²) >= 11 is 0. The summed E-state index contributed by atoms with van der Waals surface area (Å²) in [5, 5.41) is 13.0. The monoisotopic (exact) mass is 411 g/mol. The molecule has 0 aliphatic carbocycles. The largest absolute Gasteiger partial charge is 0.391 e. The van der Waals surface area contributed by atoms with Gasteiger partial charge < -0.3 is 15.2 Å². The summed E-state index contributed by atoms with van der Waals surface area (Å²) in [7, 11) is 0. The van der Waals surface area contributed by atoms with Gasteiger partial charge in [0.25, 0.3) is 0 Å². The molecule has 3 heteroatoms. The molecule has 2 unspecified atom stereocenters. The van der Waals surface area contributed by atoms with Gasteiger partial charge in [0.2, 0.25) is 0 Å². The maximum absolute atomic E-state index is 11.2. The molecule has 0 bridgehead atoms. The lowest BCUT2D eigenvalue weighted by molar-refractivity contribution is -0.113. The highest BCUT2D eigenvalue weighted by molar-refractivity contribution is 5.58. The average Bonchev–Trinajstić information content (AvgIpc) is 2.71. The van der Waals surface area contributed by atoms with Gasteiger partial charge in [-0.15, -0.1) is 0 Å². The number of nitrogens with one attached hydrogen (secondary N) is 1. The van der Waals surface area contributed by atoms with Crippen LogP contribution in [-0.4, -0.2) is 30.1 Å². The highest BCUT2D eigenvalue weighted by Crippen LogP contribution is 2.64. The van der Waals surface area contributed by atoms with E-state index in [4.69, 9.17) is 0 Å².